The van der Waals surface area contributed by atoms with E-state index >= 15 is 0 Å². The number of benzene rings is 1. The van der Waals surface area contributed by atoms with E-state index in [9.17, 15) is 4.79 Å². The van der Waals surface area contributed by atoms with Crippen molar-refractivity contribution < 1.29 is 4.79 Å². The number of likely N-dealkylation sites (N-methyl/N-ethyl adjacent to an activating group) is 1. The molecular weight excluding hydrogens is 236 g/mol. The van der Waals surface area contributed by atoms with Crippen molar-refractivity contribution in [2.24, 2.45) is 0 Å². The van der Waals surface area contributed by atoms with E-state index in [2.05, 4.69) is 38.2 Å². The van der Waals surface area contributed by atoms with Gasteiger partial charge in [-0.05, 0) is 37.8 Å². The second-order valence-corrected chi connectivity index (χ2v) is 5.90. The number of fused-ring (bicyclic) bond motifs is 1. The first-order valence-electron chi connectivity index (χ1n) is 7.06. The molecule has 1 aromatic rings. The molecule has 1 aliphatic rings. The fraction of sp³-hybridized carbons (Fsp3) is 0.562. The highest BCUT2D eigenvalue weighted by molar-refractivity contribution is 5.84. The van der Waals surface area contributed by atoms with Gasteiger partial charge in [0, 0.05) is 19.1 Å². The zero-order valence-corrected chi connectivity index (χ0v) is 12.4. The maximum Gasteiger partial charge on any atom is 0.244 e. The molecule has 3 heteroatoms. The molecule has 2 rings (SSSR count). The third-order valence-electron chi connectivity index (χ3n) is 4.46. The fourth-order valence-electron chi connectivity index (χ4n) is 2.45. The molecule has 0 radical (unpaired) electrons. The van der Waals surface area contributed by atoms with Crippen LogP contribution in [0.15, 0.2) is 24.3 Å². The van der Waals surface area contributed by atoms with Crippen LogP contribution in [0.1, 0.15) is 44.4 Å². The molecule has 0 aromatic heterocycles. The lowest BCUT2D eigenvalue weighted by molar-refractivity contribution is -0.137. The van der Waals surface area contributed by atoms with Gasteiger partial charge < -0.3 is 10.2 Å². The zero-order chi connectivity index (χ0) is 14.0. The first-order valence-corrected chi connectivity index (χ1v) is 7.06. The average Bonchev–Trinajstić information content (AvgIpc) is 2.45. The van der Waals surface area contributed by atoms with Crippen molar-refractivity contribution in [1.29, 1.82) is 0 Å². The Kier molecular flexibility index (Phi) is 3.95. The Morgan fingerprint density at radius 2 is 2.11 bits per heavy atom. The summed E-state index contributed by atoms with van der Waals surface area (Å²) in [5.74, 6) is 0.166. The lowest BCUT2D eigenvalue weighted by Crippen LogP contribution is -2.50. The Morgan fingerprint density at radius 1 is 1.42 bits per heavy atom. The molecule has 104 valence electrons. The molecule has 1 aromatic carbocycles. The number of carbonyl (C=O) groups excluding carboxylic acids is 1. The normalized spacial score (nSPS) is 18.8. The highest BCUT2D eigenvalue weighted by Crippen LogP contribution is 2.27. The van der Waals surface area contributed by atoms with Crippen LogP contribution in [0.4, 0.5) is 0 Å². The van der Waals surface area contributed by atoms with E-state index in [0.29, 0.717) is 0 Å². The van der Waals surface area contributed by atoms with Gasteiger partial charge in [-0.3, -0.25) is 4.79 Å². The van der Waals surface area contributed by atoms with Crippen LogP contribution in [0.2, 0.25) is 0 Å². The van der Waals surface area contributed by atoms with E-state index in [-0.39, 0.29) is 17.5 Å². The summed E-state index contributed by atoms with van der Waals surface area (Å²) in [6.07, 6.45) is 1.95. The zero-order valence-electron chi connectivity index (χ0n) is 12.4. The van der Waals surface area contributed by atoms with Crippen LogP contribution in [-0.2, 0) is 11.2 Å². The Labute approximate surface area is 116 Å². The maximum atomic E-state index is 12.7. The molecule has 1 N–H and O–H groups in total. The monoisotopic (exact) mass is 260 g/mol. The van der Waals surface area contributed by atoms with Gasteiger partial charge in [-0.2, -0.15) is 0 Å². The predicted octanol–water partition coefficient (Wildman–Crippen LogP) is 2.52. The smallest absolute Gasteiger partial charge is 0.244 e. The van der Waals surface area contributed by atoms with Crippen molar-refractivity contribution in [2.45, 2.75) is 45.2 Å². The third kappa shape index (κ3) is 2.66. The second-order valence-electron chi connectivity index (χ2n) is 5.90. The molecule has 0 saturated heterocycles. The topological polar surface area (TPSA) is 32.3 Å². The Hall–Kier alpha value is -1.35. The second kappa shape index (κ2) is 5.33. The van der Waals surface area contributed by atoms with Gasteiger partial charge in [-0.1, -0.05) is 31.2 Å². The highest BCUT2D eigenvalue weighted by atomic mass is 16.2. The number of hydrogen-bond donors (Lipinski definition) is 1. The summed E-state index contributed by atoms with van der Waals surface area (Å²) in [4.78, 5) is 14.6. The molecule has 1 aliphatic heterocycles. The largest absolute Gasteiger partial charge is 0.339 e. The van der Waals surface area contributed by atoms with Gasteiger partial charge in [0.15, 0.2) is 0 Å². The van der Waals surface area contributed by atoms with Crippen LogP contribution < -0.4 is 5.32 Å². The third-order valence-corrected chi connectivity index (χ3v) is 4.46. The van der Waals surface area contributed by atoms with E-state index < -0.39 is 0 Å². The van der Waals surface area contributed by atoms with E-state index in [4.69, 9.17) is 0 Å². The molecule has 0 fully saturated rings. The fourth-order valence-corrected chi connectivity index (χ4v) is 2.45. The standard InChI is InChI=1S/C16H24N2O/c1-5-16(2,3)18(4)15(19)14-13-9-7-6-8-12(13)10-11-17-14/h6-9,14,17H,5,10-11H2,1-4H3. The van der Waals surface area contributed by atoms with E-state index in [0.717, 1.165) is 24.9 Å². The highest BCUT2D eigenvalue weighted by Gasteiger charge is 2.33. The quantitative estimate of drug-likeness (QED) is 0.905. The summed E-state index contributed by atoms with van der Waals surface area (Å²) in [5.41, 5.74) is 2.32. The molecular formula is C16H24N2O. The molecule has 1 unspecified atom stereocenters. The van der Waals surface area contributed by atoms with Crippen molar-refractivity contribution in [3.63, 3.8) is 0 Å². The van der Waals surface area contributed by atoms with Crippen LogP contribution >= 0.6 is 0 Å². The average molecular weight is 260 g/mol. The van der Waals surface area contributed by atoms with E-state index in [1.807, 2.05) is 24.1 Å². The lowest BCUT2D eigenvalue weighted by Gasteiger charge is -2.38. The van der Waals surface area contributed by atoms with Crippen molar-refractivity contribution in [3.8, 4) is 0 Å². The molecule has 1 heterocycles. The van der Waals surface area contributed by atoms with Crippen LogP contribution in [0, 0.1) is 0 Å². The summed E-state index contributed by atoms with van der Waals surface area (Å²) < 4.78 is 0. The van der Waals surface area contributed by atoms with Gasteiger partial charge in [0.25, 0.3) is 0 Å². The Morgan fingerprint density at radius 3 is 2.79 bits per heavy atom. The van der Waals surface area contributed by atoms with Crippen LogP contribution in [0.5, 0.6) is 0 Å². The maximum absolute atomic E-state index is 12.7. The molecule has 0 bridgehead atoms. The number of nitrogens with one attached hydrogen (secondary N) is 1. The SMILES string of the molecule is CCC(C)(C)N(C)C(=O)C1NCCc2ccccc21. The molecule has 1 amide bonds. The molecule has 0 spiro atoms. The molecule has 3 nitrogen and oxygen atoms in total. The number of amides is 1. The number of hydrogen-bond acceptors (Lipinski definition) is 2. The minimum atomic E-state index is -0.194. The summed E-state index contributed by atoms with van der Waals surface area (Å²) in [7, 11) is 1.91. The number of carbonyl (C=O) groups is 1. The number of nitrogens with zero attached hydrogens (tertiary/aromatic N) is 1. The van der Waals surface area contributed by atoms with Crippen molar-refractivity contribution >= 4 is 5.91 Å². The minimum Gasteiger partial charge on any atom is -0.339 e. The van der Waals surface area contributed by atoms with Crippen molar-refractivity contribution in [3.05, 3.63) is 35.4 Å². The van der Waals surface area contributed by atoms with E-state index in [1.165, 1.54) is 5.56 Å². The number of rotatable bonds is 3. The molecule has 0 aliphatic carbocycles. The summed E-state index contributed by atoms with van der Waals surface area (Å²) in [6.45, 7) is 7.21. The molecule has 1 atom stereocenters. The predicted molar refractivity (Wildman–Crippen MR) is 78.0 cm³/mol. The van der Waals surface area contributed by atoms with Gasteiger partial charge in [0.05, 0.1) is 0 Å². The Balaban J connectivity index is 2.26. The summed E-state index contributed by atoms with van der Waals surface area (Å²) in [6, 6.07) is 8.06. The summed E-state index contributed by atoms with van der Waals surface area (Å²) in [5, 5.41) is 3.36. The minimum absolute atomic E-state index is 0.106. The van der Waals surface area contributed by atoms with Gasteiger partial charge in [-0.25, -0.2) is 0 Å². The van der Waals surface area contributed by atoms with Gasteiger partial charge >= 0.3 is 0 Å². The summed E-state index contributed by atoms with van der Waals surface area (Å²) >= 11 is 0. The molecule has 19 heavy (non-hydrogen) atoms. The van der Waals surface area contributed by atoms with Gasteiger partial charge in [0.1, 0.15) is 6.04 Å². The lowest BCUT2D eigenvalue weighted by atomic mass is 9.91. The first kappa shape index (κ1) is 14.1. The van der Waals surface area contributed by atoms with Crippen LogP contribution in [0.3, 0.4) is 0 Å². The first-order chi connectivity index (χ1) is 8.97. The van der Waals surface area contributed by atoms with E-state index in [1.54, 1.807) is 0 Å². The van der Waals surface area contributed by atoms with Gasteiger partial charge in [0.2, 0.25) is 5.91 Å². The Bertz CT molecular complexity index is 468. The van der Waals surface area contributed by atoms with Crippen molar-refractivity contribution in [2.75, 3.05) is 13.6 Å². The van der Waals surface area contributed by atoms with Crippen LogP contribution in [-0.4, -0.2) is 29.9 Å². The van der Waals surface area contributed by atoms with Crippen molar-refractivity contribution in [1.82, 2.24) is 10.2 Å². The van der Waals surface area contributed by atoms with Crippen LogP contribution in [0.25, 0.3) is 0 Å². The van der Waals surface area contributed by atoms with Gasteiger partial charge in [-0.15, -0.1) is 0 Å². The molecule has 0 saturated carbocycles.